The van der Waals surface area contributed by atoms with Crippen LogP contribution in [0, 0.1) is 6.92 Å². The second-order valence-electron chi connectivity index (χ2n) is 6.49. The minimum Gasteiger partial charge on any atom is -0.465 e. The standard InChI is InChI=1S/C21H21ClN4O3S/c1-14-3-8-17(11-18(14)22)26-13-24-25-21(26)30-12-19(27)23-10-9-15-4-6-16(7-5-15)20(28)29-2/h3-8,11,13H,9-10,12H2,1-2H3,(H,23,27). The highest BCUT2D eigenvalue weighted by Gasteiger charge is 2.11. The van der Waals surface area contributed by atoms with E-state index < -0.39 is 0 Å². The molecule has 30 heavy (non-hydrogen) atoms. The first kappa shape index (κ1) is 21.9. The number of ether oxygens (including phenoxy) is 1. The van der Waals surface area contributed by atoms with E-state index in [0.29, 0.717) is 28.7 Å². The van der Waals surface area contributed by atoms with E-state index in [0.717, 1.165) is 16.8 Å². The zero-order chi connectivity index (χ0) is 21.5. The van der Waals surface area contributed by atoms with Gasteiger partial charge in [-0.15, -0.1) is 10.2 Å². The molecule has 0 bridgehead atoms. The van der Waals surface area contributed by atoms with Gasteiger partial charge in [0.2, 0.25) is 5.91 Å². The second-order valence-corrected chi connectivity index (χ2v) is 7.84. The average molecular weight is 445 g/mol. The molecular formula is C21H21ClN4O3S. The molecule has 3 aromatic rings. The van der Waals surface area contributed by atoms with Gasteiger partial charge in [0.15, 0.2) is 5.16 Å². The van der Waals surface area contributed by atoms with Crippen LogP contribution < -0.4 is 5.32 Å². The summed E-state index contributed by atoms with van der Waals surface area (Å²) in [4.78, 5) is 23.6. The maximum absolute atomic E-state index is 12.2. The smallest absolute Gasteiger partial charge is 0.337 e. The number of halogens is 1. The summed E-state index contributed by atoms with van der Waals surface area (Å²) in [5.74, 6) is -0.241. The van der Waals surface area contributed by atoms with Crippen LogP contribution >= 0.6 is 23.4 Å². The molecular weight excluding hydrogens is 424 g/mol. The molecule has 0 atom stereocenters. The Bertz CT molecular complexity index is 1040. The number of carbonyl (C=O) groups is 2. The van der Waals surface area contributed by atoms with Crippen molar-refractivity contribution in [3.05, 3.63) is 70.5 Å². The maximum Gasteiger partial charge on any atom is 0.337 e. The van der Waals surface area contributed by atoms with Gasteiger partial charge < -0.3 is 10.1 Å². The Kier molecular flexibility index (Phi) is 7.48. The number of aromatic nitrogens is 3. The lowest BCUT2D eigenvalue weighted by atomic mass is 10.1. The minimum atomic E-state index is -0.368. The van der Waals surface area contributed by atoms with Crippen LogP contribution in [0.5, 0.6) is 0 Å². The highest BCUT2D eigenvalue weighted by molar-refractivity contribution is 7.99. The molecule has 9 heteroatoms. The summed E-state index contributed by atoms with van der Waals surface area (Å²) in [5.41, 5.74) is 3.35. The number of aryl methyl sites for hydroxylation is 1. The summed E-state index contributed by atoms with van der Waals surface area (Å²) >= 11 is 7.51. The molecule has 2 aromatic carbocycles. The van der Waals surface area contributed by atoms with Gasteiger partial charge in [0.1, 0.15) is 6.33 Å². The Morgan fingerprint density at radius 3 is 2.67 bits per heavy atom. The Hall–Kier alpha value is -2.84. The molecule has 0 aliphatic rings. The van der Waals surface area contributed by atoms with E-state index in [1.54, 1.807) is 23.0 Å². The van der Waals surface area contributed by atoms with Crippen LogP contribution in [0.2, 0.25) is 5.02 Å². The van der Waals surface area contributed by atoms with E-state index in [2.05, 4.69) is 20.3 Å². The lowest BCUT2D eigenvalue weighted by Gasteiger charge is -2.08. The van der Waals surface area contributed by atoms with Crippen molar-refractivity contribution in [3.8, 4) is 5.69 Å². The molecule has 0 radical (unpaired) electrons. The number of hydrogen-bond donors (Lipinski definition) is 1. The molecule has 0 saturated carbocycles. The lowest BCUT2D eigenvalue weighted by Crippen LogP contribution is -2.27. The molecule has 0 spiro atoms. The van der Waals surface area contributed by atoms with Crippen LogP contribution in [-0.4, -0.2) is 46.0 Å². The van der Waals surface area contributed by atoms with Gasteiger partial charge in [0.25, 0.3) is 0 Å². The fraction of sp³-hybridized carbons (Fsp3) is 0.238. The summed E-state index contributed by atoms with van der Waals surface area (Å²) in [6.45, 7) is 2.43. The SMILES string of the molecule is COC(=O)c1ccc(CCNC(=O)CSc2nncn2-c2ccc(C)c(Cl)c2)cc1. The molecule has 0 aliphatic carbocycles. The van der Waals surface area contributed by atoms with Crippen molar-refractivity contribution in [2.75, 3.05) is 19.4 Å². The number of amides is 1. The summed E-state index contributed by atoms with van der Waals surface area (Å²) < 4.78 is 6.48. The third-order valence-electron chi connectivity index (χ3n) is 4.39. The first-order valence-corrected chi connectivity index (χ1v) is 10.6. The highest BCUT2D eigenvalue weighted by Crippen LogP contribution is 2.23. The van der Waals surface area contributed by atoms with Gasteiger partial charge >= 0.3 is 5.97 Å². The van der Waals surface area contributed by atoms with Gasteiger partial charge in [-0.05, 0) is 48.7 Å². The third kappa shape index (κ3) is 5.61. The summed E-state index contributed by atoms with van der Waals surface area (Å²) in [6.07, 6.45) is 2.26. The van der Waals surface area contributed by atoms with Crippen LogP contribution in [0.4, 0.5) is 0 Å². The van der Waals surface area contributed by atoms with E-state index in [-0.39, 0.29) is 17.6 Å². The Morgan fingerprint density at radius 1 is 1.20 bits per heavy atom. The van der Waals surface area contributed by atoms with Crippen LogP contribution in [-0.2, 0) is 16.0 Å². The van der Waals surface area contributed by atoms with E-state index in [9.17, 15) is 9.59 Å². The molecule has 1 amide bonds. The van der Waals surface area contributed by atoms with Crippen molar-refractivity contribution in [3.63, 3.8) is 0 Å². The van der Waals surface area contributed by atoms with Crippen molar-refractivity contribution in [1.29, 1.82) is 0 Å². The number of nitrogens with zero attached hydrogens (tertiary/aromatic N) is 3. The van der Waals surface area contributed by atoms with Gasteiger partial charge in [-0.3, -0.25) is 9.36 Å². The number of carbonyl (C=O) groups excluding carboxylic acids is 2. The highest BCUT2D eigenvalue weighted by atomic mass is 35.5. The van der Waals surface area contributed by atoms with Crippen LogP contribution in [0.15, 0.2) is 53.9 Å². The average Bonchev–Trinajstić information content (AvgIpc) is 3.23. The second kappa shape index (κ2) is 10.3. The number of hydrogen-bond acceptors (Lipinski definition) is 6. The maximum atomic E-state index is 12.2. The minimum absolute atomic E-state index is 0.0948. The fourth-order valence-electron chi connectivity index (χ4n) is 2.68. The van der Waals surface area contributed by atoms with Crippen molar-refractivity contribution in [2.45, 2.75) is 18.5 Å². The summed E-state index contributed by atoms with van der Waals surface area (Å²) in [5, 5.41) is 12.2. The number of rotatable bonds is 8. The van der Waals surface area contributed by atoms with Crippen LogP contribution in [0.3, 0.4) is 0 Å². The Balaban J connectivity index is 1.48. The number of nitrogens with one attached hydrogen (secondary N) is 1. The largest absolute Gasteiger partial charge is 0.465 e. The van der Waals surface area contributed by atoms with Crippen LogP contribution in [0.1, 0.15) is 21.5 Å². The molecule has 7 nitrogen and oxygen atoms in total. The van der Waals surface area contributed by atoms with E-state index in [1.165, 1.54) is 18.9 Å². The summed E-state index contributed by atoms with van der Waals surface area (Å²) in [7, 11) is 1.35. The molecule has 1 aromatic heterocycles. The van der Waals surface area contributed by atoms with E-state index >= 15 is 0 Å². The Labute approximate surface area is 183 Å². The van der Waals surface area contributed by atoms with Gasteiger partial charge in [-0.2, -0.15) is 0 Å². The fourth-order valence-corrected chi connectivity index (χ4v) is 3.62. The first-order valence-electron chi connectivity index (χ1n) is 9.21. The van der Waals surface area contributed by atoms with Crippen LogP contribution in [0.25, 0.3) is 5.69 Å². The lowest BCUT2D eigenvalue weighted by molar-refractivity contribution is -0.118. The predicted octanol–water partition coefficient (Wildman–Crippen LogP) is 3.47. The zero-order valence-corrected chi connectivity index (χ0v) is 18.2. The van der Waals surface area contributed by atoms with Gasteiger partial charge in [-0.1, -0.05) is 41.6 Å². The molecule has 0 unspecified atom stereocenters. The first-order chi connectivity index (χ1) is 14.5. The molecule has 3 rings (SSSR count). The van der Waals surface area contributed by atoms with Crippen molar-refractivity contribution < 1.29 is 14.3 Å². The quantitative estimate of drug-likeness (QED) is 0.423. The van der Waals surface area contributed by atoms with E-state index in [1.807, 2.05) is 37.3 Å². The van der Waals surface area contributed by atoms with Crippen molar-refractivity contribution in [1.82, 2.24) is 20.1 Å². The number of thioether (sulfide) groups is 1. The van der Waals surface area contributed by atoms with Crippen molar-refractivity contribution >= 4 is 35.2 Å². The zero-order valence-electron chi connectivity index (χ0n) is 16.6. The Morgan fingerprint density at radius 2 is 1.97 bits per heavy atom. The number of methoxy groups -OCH3 is 1. The van der Waals surface area contributed by atoms with Crippen molar-refractivity contribution in [2.24, 2.45) is 0 Å². The number of benzene rings is 2. The van der Waals surface area contributed by atoms with Gasteiger partial charge in [0.05, 0.1) is 24.1 Å². The topological polar surface area (TPSA) is 86.1 Å². The number of esters is 1. The molecule has 1 N–H and O–H groups in total. The van der Waals surface area contributed by atoms with Gasteiger partial charge in [0, 0.05) is 11.6 Å². The third-order valence-corrected chi connectivity index (χ3v) is 5.74. The monoisotopic (exact) mass is 444 g/mol. The normalized spacial score (nSPS) is 10.6. The van der Waals surface area contributed by atoms with E-state index in [4.69, 9.17) is 11.6 Å². The molecule has 156 valence electrons. The molecule has 1 heterocycles. The summed E-state index contributed by atoms with van der Waals surface area (Å²) in [6, 6.07) is 12.8. The van der Waals surface area contributed by atoms with Gasteiger partial charge in [-0.25, -0.2) is 4.79 Å². The molecule has 0 fully saturated rings. The predicted molar refractivity (Wildman–Crippen MR) is 116 cm³/mol. The molecule has 0 saturated heterocycles. The molecule has 0 aliphatic heterocycles.